The van der Waals surface area contributed by atoms with Gasteiger partial charge in [0.2, 0.25) is 5.91 Å². The summed E-state index contributed by atoms with van der Waals surface area (Å²) in [6.45, 7) is 2.55. The van der Waals surface area contributed by atoms with Crippen molar-refractivity contribution < 1.29 is 14.3 Å². The maximum atomic E-state index is 11.7. The fourth-order valence-electron chi connectivity index (χ4n) is 1.80. The zero-order valence-corrected chi connectivity index (χ0v) is 13.7. The molecule has 0 aliphatic rings. The van der Waals surface area contributed by atoms with Crippen LogP contribution in [0.1, 0.15) is 25.3 Å². The molecule has 5 nitrogen and oxygen atoms in total. The molecule has 0 saturated carbocycles. The first-order valence-electron chi connectivity index (χ1n) is 6.79. The molecule has 0 heterocycles. The van der Waals surface area contributed by atoms with Crippen LogP contribution in [0.4, 0.5) is 0 Å². The Labute approximate surface area is 132 Å². The second-order valence-electron chi connectivity index (χ2n) is 4.84. The topological polar surface area (TPSA) is 73.6 Å². The van der Waals surface area contributed by atoms with Gasteiger partial charge in [-0.1, -0.05) is 0 Å². The van der Waals surface area contributed by atoms with Gasteiger partial charge in [-0.2, -0.15) is 0 Å². The highest BCUT2D eigenvalue weighted by Gasteiger charge is 2.06. The lowest BCUT2D eigenvalue weighted by Crippen LogP contribution is -2.29. The van der Waals surface area contributed by atoms with Gasteiger partial charge in [0.15, 0.2) is 0 Å². The number of hydrogen-bond donors (Lipinski definition) is 2. The minimum absolute atomic E-state index is 0. The Balaban J connectivity index is 0.00000400. The van der Waals surface area contributed by atoms with E-state index < -0.39 is 0 Å². The summed E-state index contributed by atoms with van der Waals surface area (Å²) < 4.78 is 10.4. The van der Waals surface area contributed by atoms with Crippen molar-refractivity contribution in [2.24, 2.45) is 5.73 Å². The van der Waals surface area contributed by atoms with Gasteiger partial charge in [0.1, 0.15) is 11.5 Å². The summed E-state index contributed by atoms with van der Waals surface area (Å²) in [7, 11) is 3.22. The Kier molecular flexibility index (Phi) is 9.58. The minimum Gasteiger partial charge on any atom is -0.497 e. The molecule has 6 heteroatoms. The number of rotatable bonds is 8. The molecule has 3 N–H and O–H groups in total. The van der Waals surface area contributed by atoms with Crippen LogP contribution in [0.25, 0.3) is 0 Å². The van der Waals surface area contributed by atoms with E-state index in [1.165, 1.54) is 0 Å². The smallest absolute Gasteiger partial charge is 0.220 e. The van der Waals surface area contributed by atoms with Gasteiger partial charge in [-0.3, -0.25) is 4.79 Å². The number of amides is 1. The minimum atomic E-state index is 0. The van der Waals surface area contributed by atoms with Crippen LogP contribution < -0.4 is 20.5 Å². The summed E-state index contributed by atoms with van der Waals surface area (Å²) in [5.74, 6) is 1.50. The fraction of sp³-hybridized carbons (Fsp3) is 0.533. The van der Waals surface area contributed by atoms with E-state index in [4.69, 9.17) is 15.2 Å². The average molecular weight is 317 g/mol. The highest BCUT2D eigenvalue weighted by Crippen LogP contribution is 2.23. The number of nitrogens with one attached hydrogen (secondary N) is 1. The van der Waals surface area contributed by atoms with Crippen molar-refractivity contribution in [1.29, 1.82) is 0 Å². The van der Waals surface area contributed by atoms with Gasteiger partial charge in [-0.15, -0.1) is 12.4 Å². The van der Waals surface area contributed by atoms with Crippen molar-refractivity contribution in [1.82, 2.24) is 5.32 Å². The largest absolute Gasteiger partial charge is 0.497 e. The first-order valence-corrected chi connectivity index (χ1v) is 6.79. The number of benzene rings is 1. The molecule has 1 atom stereocenters. The number of hydrogen-bond acceptors (Lipinski definition) is 4. The first kappa shape index (κ1) is 19.5. The number of methoxy groups -OCH3 is 2. The van der Waals surface area contributed by atoms with Gasteiger partial charge < -0.3 is 20.5 Å². The molecule has 120 valence electrons. The van der Waals surface area contributed by atoms with E-state index in [9.17, 15) is 4.79 Å². The van der Waals surface area contributed by atoms with Crippen molar-refractivity contribution in [3.63, 3.8) is 0 Å². The monoisotopic (exact) mass is 316 g/mol. The summed E-state index contributed by atoms with van der Waals surface area (Å²) >= 11 is 0. The molecule has 0 bridgehead atoms. The molecule has 0 aromatic heterocycles. The van der Waals surface area contributed by atoms with Gasteiger partial charge >= 0.3 is 0 Å². The molecule has 1 aromatic carbocycles. The Morgan fingerprint density at radius 2 is 1.81 bits per heavy atom. The third-order valence-electron chi connectivity index (χ3n) is 2.97. The van der Waals surface area contributed by atoms with Crippen LogP contribution in [-0.4, -0.2) is 32.7 Å². The van der Waals surface area contributed by atoms with E-state index in [1.54, 1.807) is 14.2 Å². The van der Waals surface area contributed by atoms with Crippen LogP contribution in [-0.2, 0) is 11.2 Å². The van der Waals surface area contributed by atoms with Crippen LogP contribution in [0.2, 0.25) is 0 Å². The van der Waals surface area contributed by atoms with Crippen LogP contribution in [0.15, 0.2) is 18.2 Å². The van der Waals surface area contributed by atoms with Gasteiger partial charge in [0.25, 0.3) is 0 Å². The molecule has 21 heavy (non-hydrogen) atoms. The summed E-state index contributed by atoms with van der Waals surface area (Å²) in [6, 6.07) is 5.75. The molecule has 0 spiro atoms. The van der Waals surface area contributed by atoms with E-state index >= 15 is 0 Å². The number of halogens is 1. The molecule has 0 aliphatic heterocycles. The molecule has 1 amide bonds. The lowest BCUT2D eigenvalue weighted by molar-refractivity contribution is -0.121. The SMILES string of the molecule is COc1cc(CCC(=O)NCCC(C)N)cc(OC)c1.Cl. The number of ether oxygens (including phenoxy) is 2. The second-order valence-corrected chi connectivity index (χ2v) is 4.84. The lowest BCUT2D eigenvalue weighted by Gasteiger charge is -2.09. The number of nitrogens with two attached hydrogens (primary N) is 1. The van der Waals surface area contributed by atoms with E-state index in [1.807, 2.05) is 25.1 Å². The predicted molar refractivity (Wildman–Crippen MR) is 86.4 cm³/mol. The molecule has 1 unspecified atom stereocenters. The Hall–Kier alpha value is -1.46. The highest BCUT2D eigenvalue weighted by molar-refractivity contribution is 5.85. The zero-order valence-electron chi connectivity index (χ0n) is 12.8. The van der Waals surface area contributed by atoms with Crippen LogP contribution in [0.5, 0.6) is 11.5 Å². The van der Waals surface area contributed by atoms with Crippen molar-refractivity contribution in [2.75, 3.05) is 20.8 Å². The average Bonchev–Trinajstić information content (AvgIpc) is 2.44. The van der Waals surface area contributed by atoms with Crippen LogP contribution in [0, 0.1) is 0 Å². The normalized spacial score (nSPS) is 11.2. The maximum absolute atomic E-state index is 11.7. The van der Waals surface area contributed by atoms with Crippen molar-refractivity contribution in [3.8, 4) is 11.5 Å². The van der Waals surface area contributed by atoms with Crippen molar-refractivity contribution in [2.45, 2.75) is 32.2 Å². The predicted octanol–water partition coefficient (Wildman–Crippen LogP) is 1.91. The third-order valence-corrected chi connectivity index (χ3v) is 2.97. The summed E-state index contributed by atoms with van der Waals surface area (Å²) in [6.07, 6.45) is 1.88. The Morgan fingerprint density at radius 1 is 1.24 bits per heavy atom. The van der Waals surface area contributed by atoms with Gasteiger partial charge in [0.05, 0.1) is 14.2 Å². The number of carbonyl (C=O) groups is 1. The molecule has 0 saturated heterocycles. The molecule has 0 aliphatic carbocycles. The summed E-state index contributed by atoms with van der Waals surface area (Å²) in [4.78, 5) is 11.7. The quantitative estimate of drug-likeness (QED) is 0.768. The molecule has 0 fully saturated rings. The van der Waals surface area contributed by atoms with Crippen LogP contribution >= 0.6 is 12.4 Å². The number of carbonyl (C=O) groups excluding carboxylic acids is 1. The van der Waals surface area contributed by atoms with Crippen molar-refractivity contribution in [3.05, 3.63) is 23.8 Å². The van der Waals surface area contributed by atoms with Crippen LogP contribution in [0.3, 0.4) is 0 Å². The van der Waals surface area contributed by atoms with Gasteiger partial charge in [-0.25, -0.2) is 0 Å². The van der Waals surface area contributed by atoms with E-state index in [-0.39, 0.29) is 24.4 Å². The third kappa shape index (κ3) is 7.78. The maximum Gasteiger partial charge on any atom is 0.220 e. The molecular formula is C15H25ClN2O3. The molecular weight excluding hydrogens is 292 g/mol. The standard InChI is InChI=1S/C15H24N2O3.ClH/c1-11(16)6-7-17-15(18)5-4-12-8-13(19-2)10-14(9-12)20-3;/h8-11H,4-7,16H2,1-3H3,(H,17,18);1H. The summed E-state index contributed by atoms with van der Waals surface area (Å²) in [5, 5.41) is 2.86. The second kappa shape index (κ2) is 10.3. The molecule has 0 radical (unpaired) electrons. The van der Waals surface area contributed by atoms with Gasteiger partial charge in [-0.05, 0) is 37.5 Å². The Bertz CT molecular complexity index is 417. The zero-order chi connectivity index (χ0) is 15.0. The molecule has 1 aromatic rings. The lowest BCUT2D eigenvalue weighted by atomic mass is 10.1. The Morgan fingerprint density at radius 3 is 2.29 bits per heavy atom. The van der Waals surface area contributed by atoms with E-state index in [0.29, 0.717) is 19.4 Å². The van der Waals surface area contributed by atoms with E-state index in [0.717, 1.165) is 23.5 Å². The van der Waals surface area contributed by atoms with Gasteiger partial charge in [0, 0.05) is 25.1 Å². The summed E-state index contributed by atoms with van der Waals surface area (Å²) in [5.41, 5.74) is 6.65. The van der Waals surface area contributed by atoms with E-state index in [2.05, 4.69) is 5.32 Å². The number of aryl methyl sites for hydroxylation is 1. The molecule has 1 rings (SSSR count). The van der Waals surface area contributed by atoms with Crippen molar-refractivity contribution >= 4 is 18.3 Å². The fourth-order valence-corrected chi connectivity index (χ4v) is 1.80. The first-order chi connectivity index (χ1) is 9.55. The highest BCUT2D eigenvalue weighted by atomic mass is 35.5.